The van der Waals surface area contributed by atoms with Gasteiger partial charge in [-0.1, -0.05) is 12.1 Å². The molecule has 0 radical (unpaired) electrons. The van der Waals surface area contributed by atoms with E-state index in [0.717, 1.165) is 6.07 Å². The van der Waals surface area contributed by atoms with Gasteiger partial charge in [0.15, 0.2) is 0 Å². The van der Waals surface area contributed by atoms with Crippen molar-refractivity contribution in [3.05, 3.63) is 29.8 Å². The number of rotatable bonds is 4. The zero-order valence-corrected chi connectivity index (χ0v) is 10.4. The number of nitrogens with two attached hydrogens (primary N) is 1. The maximum Gasteiger partial charge on any atom is 0.418 e. The zero-order chi connectivity index (χ0) is 14.5. The first-order chi connectivity index (χ1) is 8.84. The van der Waals surface area contributed by atoms with Crippen molar-refractivity contribution in [2.45, 2.75) is 25.6 Å². The van der Waals surface area contributed by atoms with Crippen molar-refractivity contribution in [1.82, 2.24) is 5.32 Å². The Labute approximate surface area is 109 Å². The molecule has 1 rings (SSSR count). The van der Waals surface area contributed by atoms with Crippen molar-refractivity contribution < 1.29 is 18.0 Å². The number of alkyl halides is 3. The lowest BCUT2D eigenvalue weighted by Gasteiger charge is -2.16. The van der Waals surface area contributed by atoms with E-state index in [-0.39, 0.29) is 11.7 Å². The van der Waals surface area contributed by atoms with Gasteiger partial charge in [-0.15, -0.1) is 0 Å². The number of para-hydroxylation sites is 1. The van der Waals surface area contributed by atoms with Gasteiger partial charge in [-0.3, -0.25) is 0 Å². The molecule has 7 heteroatoms. The highest BCUT2D eigenvalue weighted by atomic mass is 19.4. The Morgan fingerprint density at radius 3 is 2.58 bits per heavy atom. The van der Waals surface area contributed by atoms with E-state index >= 15 is 0 Å². The van der Waals surface area contributed by atoms with E-state index in [1.54, 1.807) is 6.92 Å². The summed E-state index contributed by atoms with van der Waals surface area (Å²) in [6.45, 7) is 2.11. The minimum Gasteiger partial charge on any atom is -0.335 e. The first-order valence-electron chi connectivity index (χ1n) is 5.78. The molecule has 106 valence electrons. The van der Waals surface area contributed by atoms with E-state index in [9.17, 15) is 18.0 Å². The molecule has 0 saturated carbocycles. The number of anilines is 1. The lowest BCUT2D eigenvalue weighted by atomic mass is 10.1. The fourth-order valence-electron chi connectivity index (χ4n) is 1.54. The van der Waals surface area contributed by atoms with E-state index in [1.807, 2.05) is 0 Å². The lowest BCUT2D eigenvalue weighted by Crippen LogP contribution is -2.37. The van der Waals surface area contributed by atoms with E-state index in [1.165, 1.54) is 18.2 Å². The van der Waals surface area contributed by atoms with Gasteiger partial charge in [0.05, 0.1) is 11.3 Å². The standard InChI is InChI=1S/C12H16F3N3O/c1-8(6-7-16)17-11(19)18-10-5-3-2-4-9(10)12(13,14)15/h2-5,8H,6-7,16H2,1H3,(H2,17,18,19). The molecule has 4 N–H and O–H groups in total. The van der Waals surface area contributed by atoms with Crippen LogP contribution < -0.4 is 16.4 Å². The summed E-state index contributed by atoms with van der Waals surface area (Å²) in [6, 6.07) is 3.92. The number of hydrogen-bond donors (Lipinski definition) is 3. The number of hydrogen-bond acceptors (Lipinski definition) is 2. The first-order valence-corrected chi connectivity index (χ1v) is 5.78. The summed E-state index contributed by atoms with van der Waals surface area (Å²) in [5, 5.41) is 4.71. The van der Waals surface area contributed by atoms with Crippen molar-refractivity contribution in [3.8, 4) is 0 Å². The van der Waals surface area contributed by atoms with Gasteiger partial charge in [0.2, 0.25) is 0 Å². The van der Waals surface area contributed by atoms with Crippen LogP contribution in [-0.2, 0) is 6.18 Å². The topological polar surface area (TPSA) is 67.1 Å². The van der Waals surface area contributed by atoms with Crippen molar-refractivity contribution in [2.75, 3.05) is 11.9 Å². The second-order valence-electron chi connectivity index (χ2n) is 4.12. The van der Waals surface area contributed by atoms with Crippen molar-refractivity contribution >= 4 is 11.7 Å². The van der Waals surface area contributed by atoms with E-state index in [2.05, 4.69) is 10.6 Å². The lowest BCUT2D eigenvalue weighted by molar-refractivity contribution is -0.136. The van der Waals surface area contributed by atoms with Gasteiger partial charge in [0.1, 0.15) is 0 Å². The van der Waals surface area contributed by atoms with Crippen molar-refractivity contribution in [2.24, 2.45) is 5.73 Å². The van der Waals surface area contributed by atoms with Gasteiger partial charge < -0.3 is 16.4 Å². The molecule has 0 saturated heterocycles. The molecule has 4 nitrogen and oxygen atoms in total. The number of carbonyl (C=O) groups is 1. The number of urea groups is 1. The first kappa shape index (κ1) is 15.3. The maximum absolute atomic E-state index is 12.7. The maximum atomic E-state index is 12.7. The predicted octanol–water partition coefficient (Wildman–Crippen LogP) is 2.56. The van der Waals surface area contributed by atoms with Gasteiger partial charge in [0, 0.05) is 6.04 Å². The van der Waals surface area contributed by atoms with E-state index in [4.69, 9.17) is 5.73 Å². The second kappa shape index (κ2) is 6.42. The van der Waals surface area contributed by atoms with Gasteiger partial charge in [-0.25, -0.2) is 4.79 Å². The van der Waals surface area contributed by atoms with Gasteiger partial charge in [-0.2, -0.15) is 13.2 Å². The molecule has 0 spiro atoms. The van der Waals surface area contributed by atoms with Crippen LogP contribution in [-0.4, -0.2) is 18.6 Å². The number of benzene rings is 1. The summed E-state index contributed by atoms with van der Waals surface area (Å²) < 4.78 is 38.1. The van der Waals surface area contributed by atoms with Gasteiger partial charge in [0.25, 0.3) is 0 Å². The van der Waals surface area contributed by atoms with Crippen LogP contribution in [0.25, 0.3) is 0 Å². The number of nitrogens with one attached hydrogen (secondary N) is 2. The second-order valence-corrected chi connectivity index (χ2v) is 4.12. The largest absolute Gasteiger partial charge is 0.418 e. The molecule has 2 amide bonds. The number of halogens is 3. The number of carbonyl (C=O) groups excluding carboxylic acids is 1. The molecule has 1 unspecified atom stereocenters. The molecule has 19 heavy (non-hydrogen) atoms. The Kier molecular flexibility index (Phi) is 5.17. The van der Waals surface area contributed by atoms with Crippen LogP contribution in [0.3, 0.4) is 0 Å². The molecule has 0 bridgehead atoms. The Morgan fingerprint density at radius 1 is 1.37 bits per heavy atom. The van der Waals surface area contributed by atoms with Crippen LogP contribution in [0.5, 0.6) is 0 Å². The molecule has 0 aliphatic rings. The minimum absolute atomic E-state index is 0.206. The summed E-state index contributed by atoms with van der Waals surface area (Å²) in [6.07, 6.45) is -3.96. The third kappa shape index (κ3) is 4.78. The predicted molar refractivity (Wildman–Crippen MR) is 66.7 cm³/mol. The summed E-state index contributed by atoms with van der Waals surface area (Å²) in [7, 11) is 0. The highest BCUT2D eigenvalue weighted by Gasteiger charge is 2.33. The molecule has 0 aliphatic heterocycles. The van der Waals surface area contributed by atoms with E-state index in [0.29, 0.717) is 13.0 Å². The monoisotopic (exact) mass is 275 g/mol. The Balaban J connectivity index is 2.75. The Morgan fingerprint density at radius 2 is 2.00 bits per heavy atom. The van der Waals surface area contributed by atoms with Crippen LogP contribution in [0, 0.1) is 0 Å². The van der Waals surface area contributed by atoms with Crippen molar-refractivity contribution in [1.29, 1.82) is 0 Å². The van der Waals surface area contributed by atoms with Crippen LogP contribution in [0.1, 0.15) is 18.9 Å². The van der Waals surface area contributed by atoms with Gasteiger partial charge in [-0.05, 0) is 32.0 Å². The van der Waals surface area contributed by atoms with Crippen LogP contribution in [0.4, 0.5) is 23.7 Å². The summed E-state index contributed by atoms with van der Waals surface area (Å²) in [4.78, 5) is 11.5. The summed E-state index contributed by atoms with van der Waals surface area (Å²) in [5.41, 5.74) is 4.17. The quantitative estimate of drug-likeness (QED) is 0.790. The molecular weight excluding hydrogens is 259 g/mol. The molecule has 0 fully saturated rings. The SMILES string of the molecule is CC(CCN)NC(=O)Nc1ccccc1C(F)(F)F. The molecule has 1 aromatic carbocycles. The van der Waals surface area contributed by atoms with Crippen LogP contribution in [0.15, 0.2) is 24.3 Å². The van der Waals surface area contributed by atoms with E-state index < -0.39 is 17.8 Å². The third-order valence-corrected chi connectivity index (χ3v) is 2.46. The van der Waals surface area contributed by atoms with Crippen molar-refractivity contribution in [3.63, 3.8) is 0 Å². The fourth-order valence-corrected chi connectivity index (χ4v) is 1.54. The highest BCUT2D eigenvalue weighted by Crippen LogP contribution is 2.34. The minimum atomic E-state index is -4.51. The summed E-state index contributed by atoms with van der Waals surface area (Å²) >= 11 is 0. The summed E-state index contributed by atoms with van der Waals surface area (Å²) in [5.74, 6) is 0. The average Bonchev–Trinajstić information content (AvgIpc) is 2.28. The fraction of sp³-hybridized carbons (Fsp3) is 0.417. The smallest absolute Gasteiger partial charge is 0.335 e. The Bertz CT molecular complexity index is 434. The zero-order valence-electron chi connectivity index (χ0n) is 10.4. The molecule has 0 aromatic heterocycles. The van der Waals surface area contributed by atoms with Crippen LogP contribution in [0.2, 0.25) is 0 Å². The molecular formula is C12H16F3N3O. The molecule has 0 aliphatic carbocycles. The third-order valence-electron chi connectivity index (χ3n) is 2.46. The molecule has 1 aromatic rings. The normalized spacial score (nSPS) is 12.9. The van der Waals surface area contributed by atoms with Gasteiger partial charge >= 0.3 is 12.2 Å². The molecule has 1 atom stereocenters. The Hall–Kier alpha value is -1.76. The molecule has 0 heterocycles. The highest BCUT2D eigenvalue weighted by molar-refractivity contribution is 5.90. The number of amides is 2. The van der Waals surface area contributed by atoms with Crippen LogP contribution >= 0.6 is 0 Å². The average molecular weight is 275 g/mol.